The minimum absolute atomic E-state index is 0.0830. The van der Waals surface area contributed by atoms with Gasteiger partial charge >= 0.3 is 0 Å². The van der Waals surface area contributed by atoms with Crippen LogP contribution < -0.4 is 0 Å². The van der Waals surface area contributed by atoms with Crippen LogP contribution in [0.5, 0.6) is 0 Å². The van der Waals surface area contributed by atoms with Gasteiger partial charge in [-0.25, -0.2) is 9.98 Å². The third kappa shape index (κ3) is 5.64. The molecular weight excluding hydrogens is 380 g/mol. The molecule has 0 spiro atoms. The molecule has 0 saturated heterocycles. The zero-order valence-electron chi connectivity index (χ0n) is 20.3. The number of nitrogens with zero attached hydrogens (tertiary/aromatic N) is 2. The summed E-state index contributed by atoms with van der Waals surface area (Å²) in [6.07, 6.45) is 2.05. The maximum atomic E-state index is 6.24. The largest absolute Gasteiger partial charge is 0.476 e. The van der Waals surface area contributed by atoms with Crippen molar-refractivity contribution in [2.75, 3.05) is 6.61 Å². The van der Waals surface area contributed by atoms with Crippen molar-refractivity contribution in [3.05, 3.63) is 65.2 Å². The Hall–Kier alpha value is -2.42. The van der Waals surface area contributed by atoms with Gasteiger partial charge in [0, 0.05) is 5.56 Å². The van der Waals surface area contributed by atoms with E-state index < -0.39 is 0 Å². The molecule has 3 rings (SSSR count). The molecule has 1 atom stereocenters. The summed E-state index contributed by atoms with van der Waals surface area (Å²) in [4.78, 5) is 10.4. The van der Waals surface area contributed by atoms with Crippen LogP contribution in [0.25, 0.3) is 0 Å². The molecule has 1 aliphatic heterocycles. The van der Waals surface area contributed by atoms with Gasteiger partial charge in [-0.15, -0.1) is 0 Å². The van der Waals surface area contributed by atoms with Crippen molar-refractivity contribution in [1.29, 1.82) is 0 Å². The van der Waals surface area contributed by atoms with Crippen molar-refractivity contribution >= 4 is 17.3 Å². The first-order valence-corrected chi connectivity index (χ1v) is 11.7. The summed E-state index contributed by atoms with van der Waals surface area (Å²) >= 11 is 0. The maximum absolute atomic E-state index is 6.24. The van der Waals surface area contributed by atoms with Gasteiger partial charge in [0.2, 0.25) is 5.90 Å². The molecule has 3 nitrogen and oxygen atoms in total. The Bertz CT molecular complexity index is 907. The van der Waals surface area contributed by atoms with Crippen LogP contribution in [0.2, 0.25) is 0 Å². The predicted molar refractivity (Wildman–Crippen MR) is 133 cm³/mol. The minimum atomic E-state index is 0.0830. The lowest BCUT2D eigenvalue weighted by Crippen LogP contribution is -2.27. The average Bonchev–Trinajstić information content (AvgIpc) is 2.98. The molecule has 0 amide bonds. The lowest BCUT2D eigenvalue weighted by atomic mass is 9.84. The molecular formula is C28H38N2O. The molecule has 2 aromatic rings. The topological polar surface area (TPSA) is 34.0 Å². The fourth-order valence-electron chi connectivity index (χ4n) is 4.03. The van der Waals surface area contributed by atoms with E-state index in [1.165, 1.54) is 11.1 Å². The third-order valence-electron chi connectivity index (χ3n) is 5.95. The van der Waals surface area contributed by atoms with Gasteiger partial charge in [0.1, 0.15) is 5.71 Å². The van der Waals surface area contributed by atoms with Crippen LogP contribution in [0, 0.1) is 5.41 Å². The summed E-state index contributed by atoms with van der Waals surface area (Å²) in [5.74, 6) is 1.44. The van der Waals surface area contributed by atoms with Crippen molar-refractivity contribution in [1.82, 2.24) is 0 Å². The molecule has 1 heterocycles. The Kier molecular flexibility index (Phi) is 7.35. The van der Waals surface area contributed by atoms with E-state index in [0.717, 1.165) is 29.8 Å². The number of benzene rings is 2. The Morgan fingerprint density at radius 1 is 0.935 bits per heavy atom. The summed E-state index contributed by atoms with van der Waals surface area (Å²) in [6, 6.07) is 17.1. The molecule has 0 unspecified atom stereocenters. The molecule has 2 aromatic carbocycles. The number of hydrogen-bond donors (Lipinski definition) is 0. The molecule has 31 heavy (non-hydrogen) atoms. The number of ether oxygens (including phenoxy) is 1. The van der Waals surface area contributed by atoms with E-state index in [4.69, 9.17) is 14.7 Å². The van der Waals surface area contributed by atoms with Gasteiger partial charge in [0.15, 0.2) is 0 Å². The highest BCUT2D eigenvalue weighted by atomic mass is 16.5. The first-order valence-electron chi connectivity index (χ1n) is 11.7. The first-order chi connectivity index (χ1) is 14.7. The standard InChI is InChI=1S/C28H38N2O/c1-19(2)22-15-11-16-23(20(3)4)26(22)30-25(21-13-9-8-10-14-21)27-29-24(28(5,6)7)17-12-18-31-27/h8-11,13-16,19-20,24H,12,17-18H2,1-7H3/t24-/m1/s1. The molecule has 0 aliphatic carbocycles. The summed E-state index contributed by atoms with van der Waals surface area (Å²) < 4.78 is 6.24. The van der Waals surface area contributed by atoms with E-state index >= 15 is 0 Å². The molecule has 0 aromatic heterocycles. The van der Waals surface area contributed by atoms with Crippen LogP contribution in [0.3, 0.4) is 0 Å². The second-order valence-corrected chi connectivity index (χ2v) is 10.2. The maximum Gasteiger partial charge on any atom is 0.236 e. The van der Waals surface area contributed by atoms with E-state index in [-0.39, 0.29) is 11.5 Å². The highest BCUT2D eigenvalue weighted by Gasteiger charge is 2.28. The normalized spacial score (nSPS) is 18.0. The van der Waals surface area contributed by atoms with Crippen LogP contribution in [0.15, 0.2) is 58.5 Å². The molecule has 0 saturated carbocycles. The SMILES string of the molecule is CC(C)c1cccc(C(C)C)c1N=C(C1=N[C@@H](C(C)(C)C)CCCO1)c1ccccc1. The Morgan fingerprint density at radius 2 is 1.55 bits per heavy atom. The number of para-hydroxylation sites is 1. The summed E-state index contributed by atoms with van der Waals surface area (Å²) in [6.45, 7) is 16.4. The Balaban J connectivity index is 2.25. The molecule has 3 heteroatoms. The van der Waals surface area contributed by atoms with Gasteiger partial charge in [-0.1, -0.05) is 97.0 Å². The number of hydrogen-bond acceptors (Lipinski definition) is 3. The Labute approximate surface area is 188 Å². The molecule has 0 fully saturated rings. The number of aliphatic imine (C=N–C) groups is 2. The molecule has 0 N–H and O–H groups in total. The van der Waals surface area contributed by atoms with Gasteiger partial charge in [0.05, 0.1) is 18.3 Å². The van der Waals surface area contributed by atoms with E-state index in [1.807, 2.05) is 6.07 Å². The van der Waals surface area contributed by atoms with Crippen LogP contribution in [0.4, 0.5) is 5.69 Å². The Morgan fingerprint density at radius 3 is 2.10 bits per heavy atom. The molecule has 0 radical (unpaired) electrons. The summed E-state index contributed by atoms with van der Waals surface area (Å²) in [5, 5.41) is 0. The van der Waals surface area contributed by atoms with Crippen molar-refractivity contribution in [3.8, 4) is 0 Å². The van der Waals surface area contributed by atoms with Crippen LogP contribution in [-0.2, 0) is 4.74 Å². The monoisotopic (exact) mass is 418 g/mol. The average molecular weight is 419 g/mol. The van der Waals surface area contributed by atoms with Crippen molar-refractivity contribution in [2.45, 2.75) is 79.2 Å². The zero-order valence-corrected chi connectivity index (χ0v) is 20.3. The number of rotatable bonds is 5. The van der Waals surface area contributed by atoms with Crippen LogP contribution >= 0.6 is 0 Å². The van der Waals surface area contributed by atoms with Crippen molar-refractivity contribution in [2.24, 2.45) is 15.4 Å². The molecule has 1 aliphatic rings. The quantitative estimate of drug-likeness (QED) is 0.458. The minimum Gasteiger partial charge on any atom is -0.476 e. The van der Waals surface area contributed by atoms with Crippen LogP contribution in [0.1, 0.15) is 89.8 Å². The summed E-state index contributed by atoms with van der Waals surface area (Å²) in [5.41, 5.74) is 5.56. The molecule has 0 bridgehead atoms. The van der Waals surface area contributed by atoms with Crippen molar-refractivity contribution < 1.29 is 4.74 Å². The fourth-order valence-corrected chi connectivity index (χ4v) is 4.03. The highest BCUT2D eigenvalue weighted by Crippen LogP contribution is 2.36. The lowest BCUT2D eigenvalue weighted by Gasteiger charge is -2.26. The van der Waals surface area contributed by atoms with E-state index in [1.54, 1.807) is 0 Å². The van der Waals surface area contributed by atoms with Crippen LogP contribution in [-0.4, -0.2) is 24.3 Å². The van der Waals surface area contributed by atoms with Gasteiger partial charge in [0.25, 0.3) is 0 Å². The van der Waals surface area contributed by atoms with E-state index in [2.05, 4.69) is 90.9 Å². The highest BCUT2D eigenvalue weighted by molar-refractivity contribution is 6.46. The second-order valence-electron chi connectivity index (χ2n) is 10.2. The smallest absolute Gasteiger partial charge is 0.236 e. The lowest BCUT2D eigenvalue weighted by molar-refractivity contribution is 0.288. The second kappa shape index (κ2) is 9.80. The van der Waals surface area contributed by atoms with Crippen molar-refractivity contribution in [3.63, 3.8) is 0 Å². The third-order valence-corrected chi connectivity index (χ3v) is 5.95. The van der Waals surface area contributed by atoms with Gasteiger partial charge in [-0.05, 0) is 41.2 Å². The van der Waals surface area contributed by atoms with E-state index in [9.17, 15) is 0 Å². The van der Waals surface area contributed by atoms with E-state index in [0.29, 0.717) is 24.3 Å². The van der Waals surface area contributed by atoms with Gasteiger partial charge in [-0.3, -0.25) is 0 Å². The van der Waals surface area contributed by atoms with Gasteiger partial charge < -0.3 is 4.74 Å². The molecule has 166 valence electrons. The fraction of sp³-hybridized carbons (Fsp3) is 0.500. The zero-order chi connectivity index (χ0) is 22.6. The predicted octanol–water partition coefficient (Wildman–Crippen LogP) is 7.68. The summed E-state index contributed by atoms with van der Waals surface area (Å²) in [7, 11) is 0. The van der Waals surface area contributed by atoms with Gasteiger partial charge in [-0.2, -0.15) is 0 Å². The first kappa shape index (κ1) is 23.2.